The normalized spacial score (nSPS) is 10.3. The summed E-state index contributed by atoms with van der Waals surface area (Å²) in [4.78, 5) is 34.8. The highest BCUT2D eigenvalue weighted by Crippen LogP contribution is 2.30. The molecule has 0 atom stereocenters. The highest BCUT2D eigenvalue weighted by atomic mass is 16.6. The van der Waals surface area contributed by atoms with Gasteiger partial charge < -0.3 is 10.1 Å². The van der Waals surface area contributed by atoms with Crippen LogP contribution < -0.4 is 5.32 Å². The number of nitrogens with one attached hydrogen (secondary N) is 1. The minimum Gasteiger partial charge on any atom is -0.452 e. The number of esters is 1. The van der Waals surface area contributed by atoms with E-state index in [0.29, 0.717) is 11.1 Å². The van der Waals surface area contributed by atoms with Crippen LogP contribution in [-0.4, -0.2) is 23.4 Å². The second-order valence-corrected chi connectivity index (χ2v) is 6.10. The molecule has 0 saturated carbocycles. The predicted molar refractivity (Wildman–Crippen MR) is 97.4 cm³/mol. The van der Waals surface area contributed by atoms with Crippen molar-refractivity contribution in [2.45, 2.75) is 27.7 Å². The molecule has 0 saturated heterocycles. The van der Waals surface area contributed by atoms with Gasteiger partial charge in [0.25, 0.3) is 11.6 Å². The number of aryl methyl sites for hydroxylation is 3. The molecule has 0 spiro atoms. The standard InChI is InChI=1S/C19H20N2O5/c1-11-5-7-15(13(3)9-11)19(23)26-10-17(22)20-18-14(4)12(2)6-8-16(18)21(24)25/h5-9H,10H2,1-4H3,(H,20,22). The molecule has 7 heteroatoms. The molecule has 0 heterocycles. The number of nitro benzene ring substituents is 1. The fourth-order valence-corrected chi connectivity index (χ4v) is 2.54. The summed E-state index contributed by atoms with van der Waals surface area (Å²) >= 11 is 0. The van der Waals surface area contributed by atoms with E-state index in [-0.39, 0.29) is 11.4 Å². The molecule has 2 aromatic rings. The van der Waals surface area contributed by atoms with Gasteiger partial charge in [-0.2, -0.15) is 0 Å². The minimum atomic E-state index is -0.639. The Morgan fingerprint density at radius 1 is 1.08 bits per heavy atom. The molecule has 7 nitrogen and oxygen atoms in total. The zero-order valence-corrected chi connectivity index (χ0v) is 15.1. The van der Waals surface area contributed by atoms with Crippen LogP contribution in [-0.2, 0) is 9.53 Å². The summed E-state index contributed by atoms with van der Waals surface area (Å²) in [5.41, 5.74) is 3.44. The van der Waals surface area contributed by atoms with Crippen molar-refractivity contribution in [2.24, 2.45) is 0 Å². The number of nitro groups is 1. The second-order valence-electron chi connectivity index (χ2n) is 6.10. The molecule has 136 valence electrons. The number of amides is 1. The molecule has 0 aromatic heterocycles. The van der Waals surface area contributed by atoms with Gasteiger partial charge in [0, 0.05) is 6.07 Å². The largest absolute Gasteiger partial charge is 0.452 e. The van der Waals surface area contributed by atoms with Crippen LogP contribution in [0.5, 0.6) is 0 Å². The van der Waals surface area contributed by atoms with Gasteiger partial charge in [0.2, 0.25) is 0 Å². The van der Waals surface area contributed by atoms with Crippen LogP contribution in [0.25, 0.3) is 0 Å². The van der Waals surface area contributed by atoms with Crippen molar-refractivity contribution in [1.29, 1.82) is 0 Å². The third-order valence-corrected chi connectivity index (χ3v) is 4.11. The lowest BCUT2D eigenvalue weighted by Gasteiger charge is -2.12. The van der Waals surface area contributed by atoms with Gasteiger partial charge in [-0.15, -0.1) is 0 Å². The van der Waals surface area contributed by atoms with Crippen molar-refractivity contribution >= 4 is 23.3 Å². The highest BCUT2D eigenvalue weighted by molar-refractivity contribution is 5.98. The van der Waals surface area contributed by atoms with Gasteiger partial charge in [0.1, 0.15) is 5.69 Å². The fourth-order valence-electron chi connectivity index (χ4n) is 2.54. The number of nitrogens with zero attached hydrogens (tertiary/aromatic N) is 1. The maximum Gasteiger partial charge on any atom is 0.338 e. The number of hydrogen-bond acceptors (Lipinski definition) is 5. The molecule has 0 radical (unpaired) electrons. The SMILES string of the molecule is Cc1ccc(C(=O)OCC(=O)Nc2c([N+](=O)[O-])ccc(C)c2C)c(C)c1. The van der Waals surface area contributed by atoms with E-state index < -0.39 is 23.4 Å². The molecular formula is C19H20N2O5. The average molecular weight is 356 g/mol. The van der Waals surface area contributed by atoms with Gasteiger partial charge in [-0.25, -0.2) is 4.79 Å². The molecule has 0 bridgehead atoms. The van der Waals surface area contributed by atoms with Crippen molar-refractivity contribution in [3.63, 3.8) is 0 Å². The number of anilines is 1. The number of hydrogen-bond donors (Lipinski definition) is 1. The van der Waals surface area contributed by atoms with Gasteiger partial charge >= 0.3 is 5.97 Å². The van der Waals surface area contributed by atoms with E-state index in [1.165, 1.54) is 6.07 Å². The molecule has 26 heavy (non-hydrogen) atoms. The quantitative estimate of drug-likeness (QED) is 0.501. The first-order valence-electron chi connectivity index (χ1n) is 7.99. The van der Waals surface area contributed by atoms with E-state index in [1.54, 1.807) is 39.0 Å². The smallest absolute Gasteiger partial charge is 0.338 e. The molecule has 2 rings (SSSR count). The molecule has 0 aliphatic carbocycles. The highest BCUT2D eigenvalue weighted by Gasteiger charge is 2.20. The third kappa shape index (κ3) is 4.24. The zero-order chi connectivity index (χ0) is 19.4. The lowest BCUT2D eigenvalue weighted by Crippen LogP contribution is -2.22. The molecule has 0 unspecified atom stereocenters. The zero-order valence-electron chi connectivity index (χ0n) is 15.1. The number of rotatable bonds is 5. The van der Waals surface area contributed by atoms with Crippen molar-refractivity contribution in [3.05, 3.63) is 68.3 Å². The van der Waals surface area contributed by atoms with E-state index in [2.05, 4.69) is 5.32 Å². The van der Waals surface area contributed by atoms with Crippen LogP contribution in [0.2, 0.25) is 0 Å². The summed E-state index contributed by atoms with van der Waals surface area (Å²) in [5.74, 6) is -1.26. The van der Waals surface area contributed by atoms with Gasteiger partial charge in [-0.3, -0.25) is 14.9 Å². The van der Waals surface area contributed by atoms with Crippen molar-refractivity contribution in [2.75, 3.05) is 11.9 Å². The number of ether oxygens (including phenoxy) is 1. The van der Waals surface area contributed by atoms with Crippen LogP contribution >= 0.6 is 0 Å². The third-order valence-electron chi connectivity index (χ3n) is 4.11. The predicted octanol–water partition coefficient (Wildman–Crippen LogP) is 3.62. The maximum atomic E-state index is 12.1. The first-order chi connectivity index (χ1) is 12.2. The topological polar surface area (TPSA) is 98.5 Å². The van der Waals surface area contributed by atoms with Gasteiger partial charge in [0.15, 0.2) is 6.61 Å². The summed E-state index contributed by atoms with van der Waals surface area (Å²) in [5, 5.41) is 13.6. The van der Waals surface area contributed by atoms with E-state index >= 15 is 0 Å². The second kappa shape index (κ2) is 7.77. The van der Waals surface area contributed by atoms with Crippen molar-refractivity contribution in [1.82, 2.24) is 0 Å². The lowest BCUT2D eigenvalue weighted by atomic mass is 10.1. The number of carbonyl (C=O) groups excluding carboxylic acids is 2. The Morgan fingerprint density at radius 3 is 2.38 bits per heavy atom. The van der Waals surface area contributed by atoms with Gasteiger partial charge in [0.05, 0.1) is 10.5 Å². The van der Waals surface area contributed by atoms with Gasteiger partial charge in [-0.05, 0) is 50.5 Å². The minimum absolute atomic E-state index is 0.113. The van der Waals surface area contributed by atoms with Gasteiger partial charge in [-0.1, -0.05) is 23.8 Å². The Kier molecular flexibility index (Phi) is 5.71. The van der Waals surface area contributed by atoms with Crippen LogP contribution in [0.3, 0.4) is 0 Å². The van der Waals surface area contributed by atoms with E-state index in [4.69, 9.17) is 4.74 Å². The molecule has 0 aliphatic heterocycles. The molecule has 1 amide bonds. The van der Waals surface area contributed by atoms with Crippen LogP contribution in [0.1, 0.15) is 32.6 Å². The maximum absolute atomic E-state index is 12.1. The monoisotopic (exact) mass is 356 g/mol. The van der Waals surface area contributed by atoms with Crippen LogP contribution in [0.15, 0.2) is 30.3 Å². The summed E-state index contributed by atoms with van der Waals surface area (Å²) < 4.78 is 5.03. The Balaban J connectivity index is 2.09. The number of carbonyl (C=O) groups is 2. The summed E-state index contributed by atoms with van der Waals surface area (Å²) in [6.45, 7) is 6.63. The Morgan fingerprint density at radius 2 is 1.77 bits per heavy atom. The van der Waals surface area contributed by atoms with E-state index in [1.807, 2.05) is 13.0 Å². The van der Waals surface area contributed by atoms with Crippen molar-refractivity contribution in [3.8, 4) is 0 Å². The molecule has 0 fully saturated rings. The Bertz CT molecular complexity index is 890. The lowest BCUT2D eigenvalue weighted by molar-refractivity contribution is -0.384. The Hall–Kier alpha value is -3.22. The summed E-state index contributed by atoms with van der Waals surface area (Å²) in [6.07, 6.45) is 0. The Labute approximate surface area is 151 Å². The first kappa shape index (κ1) is 19.1. The number of benzene rings is 2. The fraction of sp³-hybridized carbons (Fsp3) is 0.263. The molecular weight excluding hydrogens is 336 g/mol. The van der Waals surface area contributed by atoms with Crippen molar-refractivity contribution < 1.29 is 19.2 Å². The summed E-state index contributed by atoms with van der Waals surface area (Å²) in [6, 6.07) is 8.21. The summed E-state index contributed by atoms with van der Waals surface area (Å²) in [7, 11) is 0. The van der Waals surface area contributed by atoms with Crippen LogP contribution in [0, 0.1) is 37.8 Å². The van der Waals surface area contributed by atoms with E-state index in [0.717, 1.165) is 16.7 Å². The molecule has 0 aliphatic rings. The average Bonchev–Trinajstić information content (AvgIpc) is 2.56. The van der Waals surface area contributed by atoms with Crippen LogP contribution in [0.4, 0.5) is 11.4 Å². The molecule has 2 aromatic carbocycles. The molecule has 1 N–H and O–H groups in total. The van der Waals surface area contributed by atoms with E-state index in [9.17, 15) is 19.7 Å². The first-order valence-corrected chi connectivity index (χ1v) is 7.99.